The summed E-state index contributed by atoms with van der Waals surface area (Å²) in [5.41, 5.74) is 6.79. The van der Waals surface area contributed by atoms with Gasteiger partial charge in [-0.2, -0.15) is 0 Å². The largest absolute Gasteiger partial charge is 0.391 e. The lowest BCUT2D eigenvalue weighted by Gasteiger charge is -2.24. The zero-order valence-electron chi connectivity index (χ0n) is 10.6. The number of hydrogen-bond donors (Lipinski definition) is 2. The molecular weight excluding hydrogens is 328 g/mol. The summed E-state index contributed by atoms with van der Waals surface area (Å²) in [5, 5.41) is 10.1. The molecule has 0 amide bonds. The van der Waals surface area contributed by atoms with Gasteiger partial charge in [0.1, 0.15) is 11.6 Å². The third-order valence-electron chi connectivity index (χ3n) is 3.13. The van der Waals surface area contributed by atoms with Crippen LogP contribution in [0.4, 0.5) is 8.78 Å². The number of rotatable bonds is 4. The maximum atomic E-state index is 13.4. The fraction of sp³-hybridized carbons (Fsp3) is 0.200. The van der Waals surface area contributed by atoms with Crippen LogP contribution >= 0.6 is 15.9 Å². The minimum absolute atomic E-state index is 0.0188. The Morgan fingerprint density at radius 3 is 2.40 bits per heavy atom. The third-order valence-corrected chi connectivity index (χ3v) is 3.82. The summed E-state index contributed by atoms with van der Waals surface area (Å²) in [6.07, 6.45) is -0.890. The molecule has 106 valence electrons. The van der Waals surface area contributed by atoms with E-state index in [-0.39, 0.29) is 12.4 Å². The summed E-state index contributed by atoms with van der Waals surface area (Å²) in [7, 11) is 0. The molecular formula is C15H14BrF2NO. The van der Waals surface area contributed by atoms with Crippen molar-refractivity contribution in [1.82, 2.24) is 0 Å². The van der Waals surface area contributed by atoms with E-state index in [0.29, 0.717) is 15.6 Å². The van der Waals surface area contributed by atoms with E-state index in [9.17, 15) is 13.9 Å². The van der Waals surface area contributed by atoms with E-state index in [2.05, 4.69) is 15.9 Å². The summed E-state index contributed by atoms with van der Waals surface area (Å²) in [4.78, 5) is 0. The van der Waals surface area contributed by atoms with Crippen molar-refractivity contribution in [2.75, 3.05) is 6.54 Å². The van der Waals surface area contributed by atoms with Crippen molar-refractivity contribution >= 4 is 15.9 Å². The molecule has 0 spiro atoms. The normalized spacial score (nSPS) is 14.1. The maximum Gasteiger partial charge on any atom is 0.124 e. The van der Waals surface area contributed by atoms with Gasteiger partial charge in [0.25, 0.3) is 0 Å². The van der Waals surface area contributed by atoms with Crippen LogP contribution in [0, 0.1) is 11.6 Å². The Bertz CT molecular complexity index is 606. The van der Waals surface area contributed by atoms with E-state index in [1.807, 2.05) is 0 Å². The lowest BCUT2D eigenvalue weighted by Crippen LogP contribution is -2.28. The Morgan fingerprint density at radius 2 is 1.80 bits per heavy atom. The van der Waals surface area contributed by atoms with Crippen molar-refractivity contribution in [2.45, 2.75) is 12.0 Å². The second-order valence-electron chi connectivity index (χ2n) is 4.50. The van der Waals surface area contributed by atoms with E-state index >= 15 is 0 Å². The van der Waals surface area contributed by atoms with E-state index in [4.69, 9.17) is 5.73 Å². The molecule has 0 heterocycles. The first-order valence-corrected chi connectivity index (χ1v) is 6.90. The van der Waals surface area contributed by atoms with Crippen molar-refractivity contribution in [3.05, 3.63) is 69.7 Å². The van der Waals surface area contributed by atoms with E-state index < -0.39 is 17.8 Å². The third kappa shape index (κ3) is 3.23. The summed E-state index contributed by atoms with van der Waals surface area (Å²) in [6, 6.07) is 10.1. The topological polar surface area (TPSA) is 46.2 Å². The molecule has 2 rings (SSSR count). The standard InChI is InChI=1S/C15H14BrF2NO/c16-13-7-11(18)4-5-12(13)15(14(20)8-19)9-2-1-3-10(17)6-9/h1-7,14-15,20H,8,19H2. The van der Waals surface area contributed by atoms with Gasteiger partial charge >= 0.3 is 0 Å². The van der Waals surface area contributed by atoms with E-state index in [1.165, 1.54) is 24.3 Å². The minimum atomic E-state index is -0.890. The highest BCUT2D eigenvalue weighted by molar-refractivity contribution is 9.10. The Labute approximate surface area is 124 Å². The smallest absolute Gasteiger partial charge is 0.124 e. The molecule has 0 saturated carbocycles. The molecule has 0 fully saturated rings. The van der Waals surface area contributed by atoms with Crippen LogP contribution in [-0.4, -0.2) is 17.8 Å². The highest BCUT2D eigenvalue weighted by Crippen LogP contribution is 2.33. The summed E-state index contributed by atoms with van der Waals surface area (Å²) in [5.74, 6) is -1.30. The molecule has 5 heteroatoms. The first-order valence-electron chi connectivity index (χ1n) is 6.11. The number of aliphatic hydroxyl groups excluding tert-OH is 1. The predicted octanol–water partition coefficient (Wildman–Crippen LogP) is 3.18. The van der Waals surface area contributed by atoms with Gasteiger partial charge in [0.05, 0.1) is 6.10 Å². The molecule has 0 bridgehead atoms. The van der Waals surface area contributed by atoms with Gasteiger partial charge in [0.15, 0.2) is 0 Å². The average molecular weight is 342 g/mol. The van der Waals surface area contributed by atoms with Crippen LogP contribution in [0.5, 0.6) is 0 Å². The van der Waals surface area contributed by atoms with Crippen molar-refractivity contribution in [3.63, 3.8) is 0 Å². The van der Waals surface area contributed by atoms with Crippen LogP contribution in [0.3, 0.4) is 0 Å². The zero-order chi connectivity index (χ0) is 14.7. The molecule has 2 atom stereocenters. The SMILES string of the molecule is NCC(O)C(c1cccc(F)c1)c1ccc(F)cc1Br. The first-order chi connectivity index (χ1) is 9.52. The van der Waals surface area contributed by atoms with Crippen LogP contribution in [0.2, 0.25) is 0 Å². The lowest BCUT2D eigenvalue weighted by atomic mass is 9.86. The molecule has 2 aromatic carbocycles. The Kier molecular flexibility index (Phi) is 4.86. The number of benzene rings is 2. The molecule has 0 aromatic heterocycles. The predicted molar refractivity (Wildman–Crippen MR) is 77.4 cm³/mol. The fourth-order valence-corrected chi connectivity index (χ4v) is 2.80. The summed E-state index contributed by atoms with van der Waals surface area (Å²) in [6.45, 7) is 0.0188. The highest BCUT2D eigenvalue weighted by atomic mass is 79.9. The van der Waals surface area contributed by atoms with Crippen LogP contribution in [-0.2, 0) is 0 Å². The molecule has 0 aliphatic heterocycles. The summed E-state index contributed by atoms with van der Waals surface area (Å²) >= 11 is 3.28. The zero-order valence-corrected chi connectivity index (χ0v) is 12.1. The van der Waals surface area contributed by atoms with Gasteiger partial charge in [0, 0.05) is 16.9 Å². The first kappa shape index (κ1) is 15.1. The van der Waals surface area contributed by atoms with Gasteiger partial charge in [-0.25, -0.2) is 8.78 Å². The minimum Gasteiger partial charge on any atom is -0.391 e. The second kappa shape index (κ2) is 6.43. The van der Waals surface area contributed by atoms with Gasteiger partial charge in [0.2, 0.25) is 0 Å². The van der Waals surface area contributed by atoms with Crippen LogP contribution < -0.4 is 5.73 Å². The molecule has 0 aliphatic carbocycles. The number of nitrogens with two attached hydrogens (primary N) is 1. The van der Waals surface area contributed by atoms with Crippen LogP contribution in [0.1, 0.15) is 17.0 Å². The van der Waals surface area contributed by atoms with Crippen molar-refractivity contribution in [2.24, 2.45) is 5.73 Å². The molecule has 2 unspecified atom stereocenters. The van der Waals surface area contributed by atoms with Crippen molar-refractivity contribution in [1.29, 1.82) is 0 Å². The average Bonchev–Trinajstić information content (AvgIpc) is 2.41. The van der Waals surface area contributed by atoms with Crippen molar-refractivity contribution in [3.8, 4) is 0 Å². The van der Waals surface area contributed by atoms with Gasteiger partial charge in [-0.3, -0.25) is 0 Å². The van der Waals surface area contributed by atoms with Gasteiger partial charge in [-0.1, -0.05) is 34.1 Å². The van der Waals surface area contributed by atoms with Gasteiger partial charge < -0.3 is 10.8 Å². The van der Waals surface area contributed by atoms with Gasteiger partial charge in [-0.05, 0) is 35.4 Å². The molecule has 2 nitrogen and oxygen atoms in total. The molecule has 2 aromatic rings. The molecule has 3 N–H and O–H groups in total. The Hall–Kier alpha value is -1.30. The molecule has 0 radical (unpaired) electrons. The number of aliphatic hydroxyl groups is 1. The number of hydrogen-bond acceptors (Lipinski definition) is 2. The Balaban J connectivity index is 2.53. The van der Waals surface area contributed by atoms with E-state index in [1.54, 1.807) is 18.2 Å². The number of halogens is 3. The summed E-state index contributed by atoms with van der Waals surface area (Å²) < 4.78 is 27.1. The Morgan fingerprint density at radius 1 is 1.10 bits per heavy atom. The van der Waals surface area contributed by atoms with Crippen LogP contribution in [0.15, 0.2) is 46.9 Å². The second-order valence-corrected chi connectivity index (χ2v) is 5.36. The lowest BCUT2D eigenvalue weighted by molar-refractivity contribution is 0.164. The van der Waals surface area contributed by atoms with Crippen molar-refractivity contribution < 1.29 is 13.9 Å². The fourth-order valence-electron chi connectivity index (χ4n) is 2.20. The van der Waals surface area contributed by atoms with Crippen LogP contribution in [0.25, 0.3) is 0 Å². The maximum absolute atomic E-state index is 13.4. The molecule has 0 saturated heterocycles. The molecule has 20 heavy (non-hydrogen) atoms. The van der Waals surface area contributed by atoms with Gasteiger partial charge in [-0.15, -0.1) is 0 Å². The molecule has 0 aliphatic rings. The highest BCUT2D eigenvalue weighted by Gasteiger charge is 2.24. The quantitative estimate of drug-likeness (QED) is 0.897. The monoisotopic (exact) mass is 341 g/mol. The van der Waals surface area contributed by atoms with E-state index in [0.717, 1.165) is 0 Å².